The van der Waals surface area contributed by atoms with Crippen molar-refractivity contribution in [1.82, 2.24) is 19.9 Å². The van der Waals surface area contributed by atoms with Crippen molar-refractivity contribution < 1.29 is 4.79 Å². The summed E-state index contributed by atoms with van der Waals surface area (Å²) in [6.45, 7) is 4.78. The van der Waals surface area contributed by atoms with Crippen LogP contribution in [0.25, 0.3) is 16.9 Å². The normalized spacial score (nSPS) is 10.9. The Labute approximate surface area is 180 Å². The number of nitrogens with one attached hydrogen (secondary N) is 1. The van der Waals surface area contributed by atoms with Crippen molar-refractivity contribution in [3.63, 3.8) is 0 Å². The molecule has 0 unspecified atom stereocenters. The Kier molecular flexibility index (Phi) is 6.05. The highest BCUT2D eigenvalue weighted by Gasteiger charge is 2.08. The second kappa shape index (κ2) is 9.05. The molecule has 0 spiro atoms. The van der Waals surface area contributed by atoms with E-state index in [1.165, 1.54) is 11.4 Å². The molecule has 0 aliphatic rings. The van der Waals surface area contributed by atoms with Gasteiger partial charge in [-0.2, -0.15) is 0 Å². The largest absolute Gasteiger partial charge is 0.352 e. The summed E-state index contributed by atoms with van der Waals surface area (Å²) in [5, 5.41) is 6.16. The van der Waals surface area contributed by atoms with E-state index >= 15 is 0 Å². The predicted octanol–water partition coefficient (Wildman–Crippen LogP) is 4.98. The van der Waals surface area contributed by atoms with Gasteiger partial charge in [0.1, 0.15) is 0 Å². The van der Waals surface area contributed by atoms with Gasteiger partial charge in [0.2, 0.25) is 0 Å². The number of pyridine rings is 1. The SMILES string of the molecule is Cc1ccc(C)n1-c1ccc(C(=O)NCCCc2nc(-c3ccncc3)cs2)cc1. The highest BCUT2D eigenvalue weighted by atomic mass is 32.1. The van der Waals surface area contributed by atoms with Gasteiger partial charge in [0, 0.05) is 58.9 Å². The van der Waals surface area contributed by atoms with Crippen molar-refractivity contribution in [1.29, 1.82) is 0 Å². The summed E-state index contributed by atoms with van der Waals surface area (Å²) in [4.78, 5) is 21.2. The highest BCUT2D eigenvalue weighted by Crippen LogP contribution is 2.22. The van der Waals surface area contributed by atoms with Crippen LogP contribution in [-0.4, -0.2) is 27.0 Å². The summed E-state index contributed by atoms with van der Waals surface area (Å²) in [6.07, 6.45) is 5.25. The molecule has 1 amide bonds. The summed E-state index contributed by atoms with van der Waals surface area (Å²) in [5.41, 5.74) is 6.16. The number of amides is 1. The number of rotatable bonds is 7. The molecule has 0 aliphatic heterocycles. The third-order valence-corrected chi connectivity index (χ3v) is 5.95. The molecule has 1 aromatic carbocycles. The number of benzene rings is 1. The molecule has 5 nitrogen and oxygen atoms in total. The third-order valence-electron chi connectivity index (χ3n) is 5.04. The van der Waals surface area contributed by atoms with Crippen LogP contribution in [0, 0.1) is 13.8 Å². The van der Waals surface area contributed by atoms with Crippen molar-refractivity contribution in [3.05, 3.63) is 88.3 Å². The monoisotopic (exact) mass is 416 g/mol. The minimum Gasteiger partial charge on any atom is -0.352 e. The lowest BCUT2D eigenvalue weighted by molar-refractivity contribution is 0.0953. The van der Waals surface area contributed by atoms with E-state index < -0.39 is 0 Å². The number of aryl methyl sites for hydroxylation is 3. The van der Waals surface area contributed by atoms with Crippen LogP contribution in [0.1, 0.15) is 33.2 Å². The third kappa shape index (κ3) is 4.49. The van der Waals surface area contributed by atoms with Gasteiger partial charge in [-0.25, -0.2) is 4.98 Å². The van der Waals surface area contributed by atoms with Gasteiger partial charge in [-0.15, -0.1) is 11.3 Å². The number of carbonyl (C=O) groups is 1. The van der Waals surface area contributed by atoms with Crippen LogP contribution in [-0.2, 0) is 6.42 Å². The second-order valence-corrected chi connectivity index (χ2v) is 8.16. The zero-order valence-electron chi connectivity index (χ0n) is 17.1. The molecule has 3 heterocycles. The smallest absolute Gasteiger partial charge is 0.251 e. The van der Waals surface area contributed by atoms with Crippen molar-refractivity contribution in [2.75, 3.05) is 6.54 Å². The van der Waals surface area contributed by atoms with E-state index in [1.807, 2.05) is 36.4 Å². The van der Waals surface area contributed by atoms with Crippen LogP contribution in [0.3, 0.4) is 0 Å². The fraction of sp³-hybridized carbons (Fsp3) is 0.208. The van der Waals surface area contributed by atoms with Gasteiger partial charge in [-0.3, -0.25) is 9.78 Å². The van der Waals surface area contributed by atoms with Crippen molar-refractivity contribution >= 4 is 17.2 Å². The molecule has 4 rings (SSSR count). The molecule has 0 fully saturated rings. The molecule has 3 aromatic heterocycles. The first-order valence-corrected chi connectivity index (χ1v) is 10.9. The van der Waals surface area contributed by atoms with E-state index in [1.54, 1.807) is 23.7 Å². The molecule has 6 heteroatoms. The van der Waals surface area contributed by atoms with Crippen molar-refractivity contribution in [2.45, 2.75) is 26.7 Å². The van der Waals surface area contributed by atoms with Gasteiger partial charge in [0.25, 0.3) is 5.91 Å². The lowest BCUT2D eigenvalue weighted by Crippen LogP contribution is -2.24. The Morgan fingerprint density at radius 3 is 2.40 bits per heavy atom. The van der Waals surface area contributed by atoms with Gasteiger partial charge in [0.05, 0.1) is 10.7 Å². The van der Waals surface area contributed by atoms with Crippen molar-refractivity contribution in [2.24, 2.45) is 0 Å². The van der Waals surface area contributed by atoms with E-state index in [0.29, 0.717) is 12.1 Å². The maximum atomic E-state index is 12.4. The van der Waals surface area contributed by atoms with Gasteiger partial charge in [-0.05, 0) is 68.8 Å². The first kappa shape index (κ1) is 20.0. The molecule has 0 saturated carbocycles. The molecule has 0 radical (unpaired) electrons. The Morgan fingerprint density at radius 2 is 1.70 bits per heavy atom. The molecule has 4 aromatic rings. The van der Waals surface area contributed by atoms with Crippen LogP contribution >= 0.6 is 11.3 Å². The van der Waals surface area contributed by atoms with E-state index in [0.717, 1.165) is 34.8 Å². The van der Waals surface area contributed by atoms with Gasteiger partial charge >= 0.3 is 0 Å². The molecule has 0 bridgehead atoms. The fourth-order valence-corrected chi connectivity index (χ4v) is 4.31. The number of nitrogens with zero attached hydrogens (tertiary/aromatic N) is 3. The second-order valence-electron chi connectivity index (χ2n) is 7.22. The van der Waals surface area contributed by atoms with Crippen LogP contribution in [0.4, 0.5) is 0 Å². The average Bonchev–Trinajstić information content (AvgIpc) is 3.38. The lowest BCUT2D eigenvalue weighted by Gasteiger charge is -2.10. The number of carbonyl (C=O) groups excluding carboxylic acids is 1. The van der Waals surface area contributed by atoms with Gasteiger partial charge in [0.15, 0.2) is 0 Å². The Balaban J connectivity index is 1.28. The highest BCUT2D eigenvalue weighted by molar-refractivity contribution is 7.09. The summed E-state index contributed by atoms with van der Waals surface area (Å²) < 4.78 is 2.18. The Bertz CT molecular complexity index is 1110. The van der Waals surface area contributed by atoms with Crippen LogP contribution in [0.15, 0.2) is 66.3 Å². The van der Waals surface area contributed by atoms with E-state index in [-0.39, 0.29) is 5.91 Å². The summed E-state index contributed by atoms with van der Waals surface area (Å²) >= 11 is 1.66. The molecule has 0 atom stereocenters. The number of aromatic nitrogens is 3. The molecule has 0 aliphatic carbocycles. The maximum absolute atomic E-state index is 12.4. The zero-order chi connectivity index (χ0) is 20.9. The van der Waals surface area contributed by atoms with E-state index in [9.17, 15) is 4.79 Å². The Morgan fingerprint density at radius 1 is 1.00 bits per heavy atom. The van der Waals surface area contributed by atoms with E-state index in [4.69, 9.17) is 0 Å². The topological polar surface area (TPSA) is 59.8 Å². The molecular formula is C24H24N4OS. The fourth-order valence-electron chi connectivity index (χ4n) is 3.46. The summed E-state index contributed by atoms with van der Waals surface area (Å²) in [5.74, 6) is -0.0425. The summed E-state index contributed by atoms with van der Waals surface area (Å²) in [7, 11) is 0. The van der Waals surface area contributed by atoms with Crippen LogP contribution in [0.2, 0.25) is 0 Å². The standard InChI is InChI=1S/C24H24N4OS/c1-17-5-6-18(2)28(17)21-9-7-20(8-10-21)24(29)26-13-3-4-23-27-22(16-30-23)19-11-14-25-15-12-19/h5-12,14-16H,3-4,13H2,1-2H3,(H,26,29). The van der Waals surface area contributed by atoms with Crippen molar-refractivity contribution in [3.8, 4) is 16.9 Å². The molecule has 0 saturated heterocycles. The minimum atomic E-state index is -0.0425. The minimum absolute atomic E-state index is 0.0425. The molecule has 152 valence electrons. The molecule has 1 N–H and O–H groups in total. The maximum Gasteiger partial charge on any atom is 0.251 e. The Hall–Kier alpha value is -3.25. The first-order chi connectivity index (χ1) is 14.6. The zero-order valence-corrected chi connectivity index (χ0v) is 17.9. The first-order valence-electron chi connectivity index (χ1n) is 10.0. The predicted molar refractivity (Wildman–Crippen MR) is 121 cm³/mol. The number of hydrogen-bond donors (Lipinski definition) is 1. The lowest BCUT2D eigenvalue weighted by atomic mass is 10.2. The van der Waals surface area contributed by atoms with Gasteiger partial charge < -0.3 is 9.88 Å². The van der Waals surface area contributed by atoms with Gasteiger partial charge in [-0.1, -0.05) is 0 Å². The van der Waals surface area contributed by atoms with E-state index in [2.05, 4.69) is 51.2 Å². The summed E-state index contributed by atoms with van der Waals surface area (Å²) in [6, 6.07) is 15.9. The molecule has 30 heavy (non-hydrogen) atoms. The van der Waals surface area contributed by atoms with Crippen LogP contribution in [0.5, 0.6) is 0 Å². The average molecular weight is 417 g/mol. The van der Waals surface area contributed by atoms with Crippen LogP contribution < -0.4 is 5.32 Å². The molecular weight excluding hydrogens is 392 g/mol. The number of hydrogen-bond acceptors (Lipinski definition) is 4. The quantitative estimate of drug-likeness (QED) is 0.433. The number of thiazole rings is 1.